The Labute approximate surface area is 234 Å². The standard InChI is InChI=1S/C32H36N2O6/c1-38-29-17-23(18-30(39-2)31(29)40-3)22-13-21(9-5-4-8-12-35)14-24(15-22)32(37)34-26(20-36)16-25-19-33-28-11-7-6-10-27(25)28/h5-7,9-11,13-15,17-19,26,33,35-36H,4,8,12,16,20H2,1-3H3,(H,34,37)/b9-5-. The molecule has 1 amide bonds. The fourth-order valence-corrected chi connectivity index (χ4v) is 4.72. The van der Waals surface area contributed by atoms with E-state index >= 15 is 0 Å². The normalized spacial score (nSPS) is 12.0. The molecule has 1 atom stereocenters. The second-order valence-electron chi connectivity index (χ2n) is 9.44. The molecule has 0 fully saturated rings. The average Bonchev–Trinajstić information content (AvgIpc) is 3.40. The molecular weight excluding hydrogens is 508 g/mol. The van der Waals surface area contributed by atoms with E-state index in [2.05, 4.69) is 10.3 Å². The SMILES string of the molecule is COc1cc(-c2cc(/C=C\CCCO)cc(C(=O)NC(CO)Cc3c[nH]c4ccccc34)c2)cc(OC)c1OC. The van der Waals surface area contributed by atoms with Crippen LogP contribution in [0.25, 0.3) is 28.1 Å². The molecule has 40 heavy (non-hydrogen) atoms. The second kappa shape index (κ2) is 13.7. The van der Waals surface area contributed by atoms with Crippen LogP contribution in [0.4, 0.5) is 0 Å². The van der Waals surface area contributed by atoms with Gasteiger partial charge in [0.05, 0.1) is 34.0 Å². The van der Waals surface area contributed by atoms with Crippen LogP contribution in [-0.2, 0) is 6.42 Å². The van der Waals surface area contributed by atoms with Gasteiger partial charge in [-0.05, 0) is 77.9 Å². The van der Waals surface area contributed by atoms with Crippen molar-refractivity contribution in [3.05, 3.63) is 83.6 Å². The lowest BCUT2D eigenvalue weighted by atomic mass is 9.97. The topological polar surface area (TPSA) is 113 Å². The van der Waals surface area contributed by atoms with E-state index in [0.717, 1.165) is 33.2 Å². The highest BCUT2D eigenvalue weighted by Gasteiger charge is 2.19. The van der Waals surface area contributed by atoms with Crippen molar-refractivity contribution in [3.8, 4) is 28.4 Å². The minimum atomic E-state index is -0.472. The summed E-state index contributed by atoms with van der Waals surface area (Å²) in [6.45, 7) is -0.0891. The van der Waals surface area contributed by atoms with E-state index in [9.17, 15) is 9.90 Å². The number of carbonyl (C=O) groups is 1. The van der Waals surface area contributed by atoms with Gasteiger partial charge in [0.25, 0.3) is 5.91 Å². The first-order valence-corrected chi connectivity index (χ1v) is 13.2. The summed E-state index contributed by atoms with van der Waals surface area (Å²) >= 11 is 0. The van der Waals surface area contributed by atoms with Crippen LogP contribution in [0.5, 0.6) is 17.2 Å². The van der Waals surface area contributed by atoms with Crippen LogP contribution in [0.2, 0.25) is 0 Å². The van der Waals surface area contributed by atoms with Crippen molar-refractivity contribution in [2.75, 3.05) is 34.5 Å². The maximum Gasteiger partial charge on any atom is 0.251 e. The molecule has 1 aromatic heterocycles. The molecule has 3 aromatic carbocycles. The first-order chi connectivity index (χ1) is 19.5. The third-order valence-corrected chi connectivity index (χ3v) is 6.75. The number of aromatic amines is 1. The number of ether oxygens (including phenoxy) is 3. The van der Waals surface area contributed by atoms with Gasteiger partial charge in [-0.25, -0.2) is 0 Å². The number of carbonyl (C=O) groups excluding carboxylic acids is 1. The van der Waals surface area contributed by atoms with Crippen molar-refractivity contribution in [1.82, 2.24) is 10.3 Å². The van der Waals surface area contributed by atoms with E-state index in [4.69, 9.17) is 19.3 Å². The Morgan fingerprint density at radius 1 is 0.975 bits per heavy atom. The Kier molecular flexibility index (Phi) is 9.83. The van der Waals surface area contributed by atoms with Crippen LogP contribution < -0.4 is 19.5 Å². The number of unbranched alkanes of at least 4 members (excludes halogenated alkanes) is 1. The lowest BCUT2D eigenvalue weighted by molar-refractivity contribution is 0.0916. The number of aromatic nitrogens is 1. The molecule has 210 valence electrons. The smallest absolute Gasteiger partial charge is 0.251 e. The van der Waals surface area contributed by atoms with Gasteiger partial charge in [-0.15, -0.1) is 0 Å². The van der Waals surface area contributed by atoms with Gasteiger partial charge in [0.15, 0.2) is 11.5 Å². The number of nitrogens with one attached hydrogen (secondary N) is 2. The maximum absolute atomic E-state index is 13.5. The first kappa shape index (κ1) is 28.7. The van der Waals surface area contributed by atoms with Crippen molar-refractivity contribution < 1.29 is 29.2 Å². The summed E-state index contributed by atoms with van der Waals surface area (Å²) in [6.07, 6.45) is 7.67. The third kappa shape index (κ3) is 6.65. The Morgan fingerprint density at radius 2 is 1.70 bits per heavy atom. The van der Waals surface area contributed by atoms with Crippen molar-refractivity contribution in [2.24, 2.45) is 0 Å². The highest BCUT2D eigenvalue weighted by Crippen LogP contribution is 2.41. The predicted molar refractivity (Wildman–Crippen MR) is 157 cm³/mol. The Balaban J connectivity index is 1.67. The lowest BCUT2D eigenvalue weighted by Crippen LogP contribution is -2.39. The monoisotopic (exact) mass is 544 g/mol. The molecule has 4 rings (SSSR count). The average molecular weight is 545 g/mol. The Hall–Kier alpha value is -4.27. The molecule has 8 nitrogen and oxygen atoms in total. The zero-order valence-corrected chi connectivity index (χ0v) is 23.1. The molecule has 0 saturated carbocycles. The zero-order chi connectivity index (χ0) is 28.5. The van der Waals surface area contributed by atoms with Gasteiger partial charge in [-0.1, -0.05) is 30.4 Å². The number of allylic oxidation sites excluding steroid dienone is 1. The van der Waals surface area contributed by atoms with E-state index in [0.29, 0.717) is 42.1 Å². The van der Waals surface area contributed by atoms with Crippen LogP contribution in [0.1, 0.15) is 34.3 Å². The molecule has 1 heterocycles. The van der Waals surface area contributed by atoms with Crippen molar-refractivity contribution in [2.45, 2.75) is 25.3 Å². The molecule has 8 heteroatoms. The predicted octanol–water partition coefficient (Wildman–Crippen LogP) is 4.98. The summed E-state index contributed by atoms with van der Waals surface area (Å²) in [4.78, 5) is 16.8. The van der Waals surface area contributed by atoms with E-state index in [1.165, 1.54) is 0 Å². The number of hydrogen-bond donors (Lipinski definition) is 4. The van der Waals surface area contributed by atoms with Gasteiger partial charge in [0.2, 0.25) is 5.75 Å². The van der Waals surface area contributed by atoms with Gasteiger partial charge in [0.1, 0.15) is 0 Å². The van der Waals surface area contributed by atoms with Gasteiger partial charge in [-0.3, -0.25) is 4.79 Å². The number of aliphatic hydroxyl groups excluding tert-OH is 2. The van der Waals surface area contributed by atoms with Gasteiger partial charge < -0.3 is 34.7 Å². The van der Waals surface area contributed by atoms with E-state index < -0.39 is 6.04 Å². The highest BCUT2D eigenvalue weighted by atomic mass is 16.5. The molecule has 0 saturated heterocycles. The molecule has 0 aliphatic carbocycles. The fourth-order valence-electron chi connectivity index (χ4n) is 4.72. The molecule has 0 radical (unpaired) electrons. The summed E-state index contributed by atoms with van der Waals surface area (Å²) in [6, 6.07) is 16.7. The summed E-state index contributed by atoms with van der Waals surface area (Å²) < 4.78 is 16.5. The van der Waals surface area contributed by atoms with Gasteiger partial charge >= 0.3 is 0 Å². The second-order valence-corrected chi connectivity index (χ2v) is 9.44. The van der Waals surface area contributed by atoms with Crippen LogP contribution in [-0.4, -0.2) is 61.7 Å². The number of amides is 1. The molecule has 0 spiro atoms. The van der Waals surface area contributed by atoms with Crippen LogP contribution in [0.15, 0.2) is 66.9 Å². The van der Waals surface area contributed by atoms with E-state index in [-0.39, 0.29) is 19.1 Å². The Bertz CT molecular complexity index is 1450. The minimum Gasteiger partial charge on any atom is -0.493 e. The summed E-state index contributed by atoms with van der Waals surface area (Å²) in [5, 5.41) is 23.3. The number of para-hydroxylation sites is 1. The third-order valence-electron chi connectivity index (χ3n) is 6.75. The largest absolute Gasteiger partial charge is 0.493 e. The number of fused-ring (bicyclic) bond motifs is 1. The fraction of sp³-hybridized carbons (Fsp3) is 0.281. The molecule has 4 N–H and O–H groups in total. The number of hydrogen-bond acceptors (Lipinski definition) is 6. The van der Waals surface area contributed by atoms with E-state index in [1.54, 1.807) is 27.4 Å². The van der Waals surface area contributed by atoms with Gasteiger partial charge in [0, 0.05) is 29.3 Å². The lowest BCUT2D eigenvalue weighted by Gasteiger charge is -2.18. The number of aliphatic hydroxyl groups is 2. The molecule has 0 aliphatic rings. The Morgan fingerprint density at radius 3 is 2.38 bits per heavy atom. The number of benzene rings is 3. The number of H-pyrrole nitrogens is 1. The molecule has 0 bridgehead atoms. The van der Waals surface area contributed by atoms with Gasteiger partial charge in [-0.2, -0.15) is 0 Å². The highest BCUT2D eigenvalue weighted by molar-refractivity contribution is 5.96. The van der Waals surface area contributed by atoms with Crippen LogP contribution >= 0.6 is 0 Å². The number of methoxy groups -OCH3 is 3. The summed E-state index contributed by atoms with van der Waals surface area (Å²) in [5.41, 5.74) is 4.87. The van der Waals surface area contributed by atoms with Crippen molar-refractivity contribution in [1.29, 1.82) is 0 Å². The van der Waals surface area contributed by atoms with Crippen LogP contribution in [0.3, 0.4) is 0 Å². The van der Waals surface area contributed by atoms with Crippen molar-refractivity contribution in [3.63, 3.8) is 0 Å². The maximum atomic E-state index is 13.5. The first-order valence-electron chi connectivity index (χ1n) is 13.2. The van der Waals surface area contributed by atoms with Crippen molar-refractivity contribution >= 4 is 22.9 Å². The molecule has 0 aliphatic heterocycles. The zero-order valence-electron chi connectivity index (χ0n) is 23.1. The van der Waals surface area contributed by atoms with E-state index in [1.807, 2.05) is 66.9 Å². The quantitative estimate of drug-likeness (QED) is 0.177. The summed E-state index contributed by atoms with van der Waals surface area (Å²) in [7, 11) is 4.67. The molecule has 1 unspecified atom stereocenters. The minimum absolute atomic E-state index is 0.114. The molecule has 4 aromatic rings. The van der Waals surface area contributed by atoms with Crippen LogP contribution in [0, 0.1) is 0 Å². The number of rotatable bonds is 13. The summed E-state index contributed by atoms with van der Waals surface area (Å²) in [5.74, 6) is 1.20. The molecular formula is C32H36N2O6.